The highest BCUT2D eigenvalue weighted by molar-refractivity contribution is 5.85. The zero-order chi connectivity index (χ0) is 18.2. The van der Waals surface area contributed by atoms with Crippen molar-refractivity contribution in [3.05, 3.63) is 24.2 Å². The third-order valence-electron chi connectivity index (χ3n) is 8.84. The second-order valence-electron chi connectivity index (χ2n) is 9.45. The molecule has 8 unspecified atom stereocenters. The predicted octanol–water partition coefficient (Wildman–Crippen LogP) is 2.50. The van der Waals surface area contributed by atoms with Crippen molar-refractivity contribution in [3.8, 4) is 0 Å². The van der Waals surface area contributed by atoms with E-state index in [9.17, 15) is 9.90 Å². The molecule has 0 aromatic carbocycles. The van der Waals surface area contributed by atoms with Gasteiger partial charge in [-0.05, 0) is 39.2 Å². The summed E-state index contributed by atoms with van der Waals surface area (Å²) >= 11 is 0. The van der Waals surface area contributed by atoms with Gasteiger partial charge in [0.1, 0.15) is 22.7 Å². The third-order valence-corrected chi connectivity index (χ3v) is 8.84. The van der Waals surface area contributed by atoms with Crippen molar-refractivity contribution in [1.29, 1.82) is 0 Å². The number of esters is 1. The average Bonchev–Trinajstić information content (AvgIpc) is 2.98. The first-order chi connectivity index (χ1) is 12.2. The van der Waals surface area contributed by atoms with Crippen LogP contribution in [0.15, 0.2) is 23.0 Å². The van der Waals surface area contributed by atoms with Crippen molar-refractivity contribution in [2.45, 2.75) is 81.6 Å². The first-order valence-electron chi connectivity index (χ1n) is 9.53. The maximum atomic E-state index is 13.3. The van der Waals surface area contributed by atoms with Gasteiger partial charge in [0.25, 0.3) is 0 Å². The Hall–Kier alpha value is -1.37. The van der Waals surface area contributed by atoms with Crippen LogP contribution in [0.1, 0.15) is 58.1 Å². The van der Waals surface area contributed by atoms with E-state index in [0.29, 0.717) is 19.3 Å². The Bertz CT molecular complexity index is 820. The fourth-order valence-corrected chi connectivity index (χ4v) is 7.04. The van der Waals surface area contributed by atoms with E-state index in [1.54, 1.807) is 12.5 Å². The van der Waals surface area contributed by atoms with E-state index in [-0.39, 0.29) is 18.2 Å². The molecular formula is C20H24O6. The number of hydrogen-bond donors (Lipinski definition) is 1. The Labute approximate surface area is 151 Å². The van der Waals surface area contributed by atoms with Crippen LogP contribution in [-0.2, 0) is 19.0 Å². The highest BCUT2D eigenvalue weighted by atomic mass is 16.6. The Morgan fingerprint density at radius 1 is 1.15 bits per heavy atom. The molecule has 1 spiro atoms. The van der Waals surface area contributed by atoms with E-state index in [2.05, 4.69) is 13.8 Å². The normalized spacial score (nSPS) is 59.4. The Kier molecular flexibility index (Phi) is 2.44. The fraction of sp³-hybridized carbons (Fsp3) is 0.750. The molecule has 8 atom stereocenters. The predicted molar refractivity (Wildman–Crippen MR) is 88.1 cm³/mol. The van der Waals surface area contributed by atoms with Crippen molar-refractivity contribution >= 4 is 5.97 Å². The molecule has 1 N–H and O–H groups in total. The van der Waals surface area contributed by atoms with Crippen molar-refractivity contribution in [2.24, 2.45) is 10.8 Å². The summed E-state index contributed by atoms with van der Waals surface area (Å²) in [6, 6.07) is 1.87. The molecule has 140 valence electrons. The van der Waals surface area contributed by atoms with Crippen molar-refractivity contribution in [2.75, 3.05) is 0 Å². The third kappa shape index (κ3) is 1.26. The standard InChI is InChI=1S/C20H24O6/c1-16-5-6-17(2)19(9-12(25-17)11-4-7-23-10-11)15(21)24-14(20(16,19)22)8-13-18(16,3)26-13/h4,7,10,12-14,22H,5-6,8-9H2,1-3H3. The van der Waals surface area contributed by atoms with Gasteiger partial charge < -0.3 is 23.7 Å². The second-order valence-corrected chi connectivity index (χ2v) is 9.45. The number of aliphatic hydroxyl groups is 1. The Balaban J connectivity index is 1.57. The maximum absolute atomic E-state index is 13.3. The van der Waals surface area contributed by atoms with Gasteiger partial charge in [-0.2, -0.15) is 0 Å². The van der Waals surface area contributed by atoms with Crippen LogP contribution < -0.4 is 0 Å². The summed E-state index contributed by atoms with van der Waals surface area (Å²) in [5.41, 5.74) is -3.21. The van der Waals surface area contributed by atoms with E-state index >= 15 is 0 Å². The lowest BCUT2D eigenvalue weighted by Crippen LogP contribution is -2.76. The van der Waals surface area contributed by atoms with Crippen LogP contribution in [-0.4, -0.2) is 40.1 Å². The van der Waals surface area contributed by atoms with E-state index in [4.69, 9.17) is 18.6 Å². The van der Waals surface area contributed by atoms with E-state index in [1.165, 1.54) is 0 Å². The molecule has 0 amide bonds. The van der Waals surface area contributed by atoms with Crippen LogP contribution in [0.25, 0.3) is 0 Å². The number of carbonyl (C=O) groups excluding carboxylic acids is 1. The number of rotatable bonds is 1. The number of carbonyl (C=O) groups is 1. The number of hydrogen-bond acceptors (Lipinski definition) is 6. The zero-order valence-electron chi connectivity index (χ0n) is 15.3. The molecule has 3 saturated heterocycles. The molecule has 5 fully saturated rings. The summed E-state index contributed by atoms with van der Waals surface area (Å²) in [4.78, 5) is 13.3. The zero-order valence-corrected chi connectivity index (χ0v) is 15.3. The summed E-state index contributed by atoms with van der Waals surface area (Å²) in [5.74, 6) is -0.311. The minimum absolute atomic E-state index is 0.0528. The van der Waals surface area contributed by atoms with Crippen LogP contribution in [0.4, 0.5) is 0 Å². The minimum atomic E-state index is -1.30. The fourth-order valence-electron chi connectivity index (χ4n) is 7.04. The van der Waals surface area contributed by atoms with Gasteiger partial charge in [0.15, 0.2) is 0 Å². The summed E-state index contributed by atoms with van der Waals surface area (Å²) in [7, 11) is 0. The van der Waals surface area contributed by atoms with Gasteiger partial charge in [-0.15, -0.1) is 0 Å². The molecule has 0 bridgehead atoms. The lowest BCUT2D eigenvalue weighted by molar-refractivity contribution is -0.260. The van der Waals surface area contributed by atoms with Crippen molar-refractivity contribution in [3.63, 3.8) is 0 Å². The van der Waals surface area contributed by atoms with Crippen LogP contribution >= 0.6 is 0 Å². The van der Waals surface area contributed by atoms with Gasteiger partial charge >= 0.3 is 5.97 Å². The topological polar surface area (TPSA) is 81.4 Å². The number of furan rings is 1. The van der Waals surface area contributed by atoms with Crippen molar-refractivity contribution in [1.82, 2.24) is 0 Å². The van der Waals surface area contributed by atoms with E-state index < -0.39 is 33.7 Å². The molecule has 1 aromatic heterocycles. The highest BCUT2D eigenvalue weighted by Gasteiger charge is 2.90. The molecule has 5 aliphatic rings. The monoisotopic (exact) mass is 360 g/mol. The summed E-state index contributed by atoms with van der Waals surface area (Å²) in [6.45, 7) is 6.12. The summed E-state index contributed by atoms with van der Waals surface area (Å²) in [5, 5.41) is 12.3. The largest absolute Gasteiger partial charge is 0.472 e. The first-order valence-corrected chi connectivity index (χ1v) is 9.53. The van der Waals surface area contributed by atoms with Crippen LogP contribution in [0, 0.1) is 10.8 Å². The number of epoxide rings is 1. The van der Waals surface area contributed by atoms with Crippen LogP contribution in [0.2, 0.25) is 0 Å². The van der Waals surface area contributed by atoms with Crippen LogP contribution in [0.3, 0.4) is 0 Å². The van der Waals surface area contributed by atoms with Crippen LogP contribution in [0.5, 0.6) is 0 Å². The van der Waals surface area contributed by atoms with Gasteiger partial charge in [-0.3, -0.25) is 4.79 Å². The molecule has 6 heteroatoms. The number of fused-ring (bicyclic) bond motifs is 2. The van der Waals surface area contributed by atoms with Crippen molar-refractivity contribution < 1.29 is 28.5 Å². The molecule has 4 heterocycles. The Morgan fingerprint density at radius 2 is 1.96 bits per heavy atom. The van der Waals surface area contributed by atoms with E-state index in [1.807, 2.05) is 13.0 Å². The molecule has 6 rings (SSSR count). The van der Waals surface area contributed by atoms with E-state index in [0.717, 1.165) is 12.0 Å². The summed E-state index contributed by atoms with van der Waals surface area (Å²) in [6.07, 6.45) is 4.89. The average molecular weight is 360 g/mol. The smallest absolute Gasteiger partial charge is 0.318 e. The van der Waals surface area contributed by atoms with Gasteiger partial charge in [0.05, 0.1) is 30.3 Å². The molecule has 3 aliphatic heterocycles. The second kappa shape index (κ2) is 4.05. The van der Waals surface area contributed by atoms with Gasteiger partial charge in [0.2, 0.25) is 0 Å². The van der Waals surface area contributed by atoms with Gasteiger partial charge in [0, 0.05) is 17.4 Å². The Morgan fingerprint density at radius 3 is 2.69 bits per heavy atom. The lowest BCUT2D eigenvalue weighted by Gasteiger charge is -2.61. The molecule has 0 radical (unpaired) electrons. The first kappa shape index (κ1) is 15.7. The highest BCUT2D eigenvalue weighted by Crippen LogP contribution is 2.78. The SMILES string of the molecule is CC12CCC3(C)C4(C)OC4CC4OC(=O)C1(CC(c1ccoc1)O2)C43O. The molecule has 26 heavy (non-hydrogen) atoms. The molecule has 2 saturated carbocycles. The van der Waals surface area contributed by atoms with Gasteiger partial charge in [-0.1, -0.05) is 6.92 Å². The maximum Gasteiger partial charge on any atom is 0.318 e. The molecule has 1 aromatic rings. The van der Waals surface area contributed by atoms with Gasteiger partial charge in [-0.25, -0.2) is 0 Å². The lowest BCUT2D eigenvalue weighted by atomic mass is 9.41. The molecule has 2 aliphatic carbocycles. The quantitative estimate of drug-likeness (QED) is 0.612. The minimum Gasteiger partial charge on any atom is -0.472 e. The summed E-state index contributed by atoms with van der Waals surface area (Å²) < 4.78 is 23.6. The molecule has 6 nitrogen and oxygen atoms in total. The number of ether oxygens (including phenoxy) is 3. The molecular weight excluding hydrogens is 336 g/mol.